The number of fused-ring (bicyclic) bond motifs is 14. The summed E-state index contributed by atoms with van der Waals surface area (Å²) in [5.74, 6) is 0. The van der Waals surface area contributed by atoms with Crippen molar-refractivity contribution in [2.75, 3.05) is 69.4 Å². The lowest BCUT2D eigenvalue weighted by molar-refractivity contribution is 0.383. The van der Waals surface area contributed by atoms with Crippen LogP contribution in [0.5, 0.6) is 0 Å². The molecule has 16 heteroatoms. The van der Waals surface area contributed by atoms with E-state index in [1.165, 1.54) is 60.0 Å². The van der Waals surface area contributed by atoms with Crippen molar-refractivity contribution in [3.8, 4) is 0 Å². The van der Waals surface area contributed by atoms with Gasteiger partial charge in [0, 0.05) is 148 Å². The minimum atomic E-state index is -2.17. The average Bonchev–Trinajstić information content (AvgIpc) is 1.59. The van der Waals surface area contributed by atoms with Gasteiger partial charge in [-0.1, -0.05) is 115 Å². The van der Waals surface area contributed by atoms with Crippen LogP contribution in [0.1, 0.15) is 87.6 Å². The first-order chi connectivity index (χ1) is 55.0. The molecule has 0 aliphatic carbocycles. The third-order valence-electron chi connectivity index (χ3n) is 22.5. The number of hydrogen-bond acceptors (Lipinski definition) is 16. The maximum Gasteiger partial charge on any atom is 0.161 e. The van der Waals surface area contributed by atoms with Gasteiger partial charge < -0.3 is 66.7 Å². The molecule has 15 aromatic rings. The first kappa shape index (κ1) is 63.9. The predicted molar refractivity (Wildman–Crippen MR) is 454 cm³/mol. The molecule has 0 amide bonds. The Morgan fingerprint density at radius 3 is 1.29 bits per heavy atom. The molecule has 16 nitrogen and oxygen atoms in total. The molecule has 6 aromatic heterocycles. The number of aromatic nitrogens is 2. The topological polar surface area (TPSA) is 111 Å². The molecule has 0 unspecified atom stereocenters. The molecule has 9 aromatic carbocycles. The molecule has 0 radical (unpaired) electrons. The van der Waals surface area contributed by atoms with Crippen molar-refractivity contribution in [3.63, 3.8) is 0 Å². The Morgan fingerprint density at radius 1 is 0.321 bits per heavy atom. The zero-order chi connectivity index (χ0) is 81.1. The third kappa shape index (κ3) is 12.3. The van der Waals surface area contributed by atoms with Gasteiger partial charge in [0.15, 0.2) is 27.9 Å². The first-order valence-electron chi connectivity index (χ1n) is 40.3. The molecule has 0 saturated heterocycles. The minimum Gasteiger partial charge on any atom is -0.454 e. The standard InChI is InChI=1S/2C22H21N3O.C19H20N2O.C18H18N2O.C12H16N2/c1-13-9-11-16-20-19(12-10-14(2)23-20)26-22(16)21(13)25-15(3)24(4)17-7-5-6-8-18(17)25;1-13-9-10-16-17-12-23-14(2)11-20(17)26-22(16)21(13)25-15(3)24(4)18-7-5-6-8-19(18)25;1-12-5-7-15-16-8-6-13(2)18(19(16)22-17(15)11-12)21-10-9-20(4)14(21)3;1-12-8-9-15-14-6-4-5-7-16(14)21-18(15)17(12)20-11-10-19(3)13(20)2;1-10-6-4-5-7-12(10)14-9-8-13(3)11(14)2/h2*5-12,15H,1-4H3;5-11,14H,1-4H3;4-11,13H,1-3H3;4-9,11H,1-3H3/t2*15-;14-;13-;11-/m00000/s1/i;;4D3;;3D3. The fourth-order valence-electron chi connectivity index (χ4n) is 16.0. The highest BCUT2D eigenvalue weighted by Gasteiger charge is 2.37. The molecule has 552 valence electrons. The molecule has 0 fully saturated rings. The van der Waals surface area contributed by atoms with Crippen LogP contribution in [-0.2, 0) is 0 Å². The normalized spacial score (nSPS) is 18.8. The van der Waals surface area contributed by atoms with Crippen LogP contribution in [0.4, 0.5) is 51.2 Å². The van der Waals surface area contributed by atoms with Gasteiger partial charge in [0.1, 0.15) is 53.1 Å². The smallest absolute Gasteiger partial charge is 0.161 e. The lowest BCUT2D eigenvalue weighted by atomic mass is 10.1. The van der Waals surface area contributed by atoms with Crippen LogP contribution >= 0.6 is 0 Å². The molecule has 0 bridgehead atoms. The Morgan fingerprint density at radius 2 is 0.743 bits per heavy atom. The van der Waals surface area contributed by atoms with Crippen molar-refractivity contribution in [1.82, 2.24) is 24.7 Å². The van der Waals surface area contributed by atoms with E-state index in [4.69, 9.17) is 30.9 Å². The average molecular weight is 1450 g/mol. The van der Waals surface area contributed by atoms with Crippen LogP contribution < -0.4 is 34.3 Å². The van der Waals surface area contributed by atoms with Crippen molar-refractivity contribution in [2.24, 2.45) is 0 Å². The molecule has 0 N–H and O–H groups in total. The van der Waals surface area contributed by atoms with Crippen LogP contribution in [0, 0.1) is 55.4 Å². The summed E-state index contributed by atoms with van der Waals surface area (Å²) in [5.41, 5.74) is 27.3. The van der Waals surface area contributed by atoms with E-state index in [9.17, 15) is 0 Å². The van der Waals surface area contributed by atoms with Crippen molar-refractivity contribution >= 4 is 139 Å². The number of hydrogen-bond donors (Lipinski definition) is 0. The van der Waals surface area contributed by atoms with Gasteiger partial charge in [-0.2, -0.15) is 0 Å². The second-order valence-corrected chi connectivity index (χ2v) is 29.4. The van der Waals surface area contributed by atoms with E-state index in [1.807, 2.05) is 138 Å². The Kier molecular flexibility index (Phi) is 16.5. The van der Waals surface area contributed by atoms with Gasteiger partial charge in [-0.25, -0.2) is 4.98 Å². The van der Waals surface area contributed by atoms with Gasteiger partial charge in [-0.3, -0.25) is 4.98 Å². The van der Waals surface area contributed by atoms with E-state index < -0.39 is 14.0 Å². The van der Waals surface area contributed by atoms with Crippen LogP contribution in [0.3, 0.4) is 0 Å². The first-order valence-corrected chi connectivity index (χ1v) is 37.3. The highest BCUT2D eigenvalue weighted by molar-refractivity contribution is 6.13. The van der Waals surface area contributed by atoms with Gasteiger partial charge in [0.05, 0.1) is 45.5 Å². The summed E-state index contributed by atoms with van der Waals surface area (Å²) in [4.78, 5) is 29.7. The van der Waals surface area contributed by atoms with E-state index in [0.29, 0.717) is 6.17 Å². The van der Waals surface area contributed by atoms with Crippen molar-refractivity contribution in [2.45, 2.75) is 121 Å². The second kappa shape index (κ2) is 28.1. The van der Waals surface area contributed by atoms with Crippen LogP contribution in [0.25, 0.3) is 87.9 Å². The van der Waals surface area contributed by atoms with Gasteiger partial charge in [0.25, 0.3) is 0 Å². The number of anilines is 9. The van der Waals surface area contributed by atoms with E-state index in [2.05, 4.69) is 231 Å². The summed E-state index contributed by atoms with van der Waals surface area (Å²) in [5, 5.41) is 7.74. The van der Waals surface area contributed by atoms with Crippen LogP contribution in [0.2, 0.25) is 0 Å². The molecular weight excluding hydrogens is 1350 g/mol. The highest BCUT2D eigenvalue weighted by Crippen LogP contribution is 2.51. The van der Waals surface area contributed by atoms with Crippen molar-refractivity contribution in [1.29, 1.82) is 0 Å². The Bertz CT molecular complexity index is 6300. The molecule has 11 heterocycles. The molecule has 20 rings (SSSR count). The minimum absolute atomic E-state index is 0.191. The van der Waals surface area contributed by atoms with Gasteiger partial charge in [0.2, 0.25) is 0 Å². The summed E-state index contributed by atoms with van der Waals surface area (Å²) in [7, 11) is 6.38. The number of nitrogens with zero attached hydrogens (tertiary/aromatic N) is 12. The molecule has 0 spiro atoms. The second-order valence-electron chi connectivity index (χ2n) is 29.4. The third-order valence-corrected chi connectivity index (χ3v) is 22.5. The van der Waals surface area contributed by atoms with E-state index >= 15 is 0 Å². The van der Waals surface area contributed by atoms with E-state index in [1.54, 1.807) is 12.4 Å². The van der Waals surface area contributed by atoms with Crippen molar-refractivity contribution < 1.29 is 25.9 Å². The number of benzene rings is 9. The Labute approximate surface area is 646 Å². The fraction of sp³-hybridized carbons (Fsp3) is 0.247. The molecule has 0 saturated carbocycles. The zero-order valence-electron chi connectivity index (χ0n) is 70.7. The van der Waals surface area contributed by atoms with Crippen LogP contribution in [0.15, 0.2) is 243 Å². The summed E-state index contributed by atoms with van der Waals surface area (Å²) in [6, 6.07) is 62.6. The van der Waals surface area contributed by atoms with Gasteiger partial charge in [-0.05, 0) is 184 Å². The highest BCUT2D eigenvalue weighted by atomic mass is 16.3. The molecule has 5 aliphatic rings. The maximum atomic E-state index is 7.70. The molecule has 109 heavy (non-hydrogen) atoms. The van der Waals surface area contributed by atoms with Gasteiger partial charge in [-0.15, -0.1) is 0 Å². The Hall–Kier alpha value is -12.3. The van der Waals surface area contributed by atoms with Crippen LogP contribution in [-0.4, -0.2) is 90.6 Å². The molecule has 5 aliphatic heterocycles. The summed E-state index contributed by atoms with van der Waals surface area (Å²) >= 11 is 0. The molecular formula is C93H96N12O4. The number of furan rings is 4. The summed E-state index contributed by atoms with van der Waals surface area (Å²) < 4.78 is 70.5. The lowest BCUT2D eigenvalue weighted by Gasteiger charge is -2.29. The monoisotopic (exact) mass is 1450 g/mol. The van der Waals surface area contributed by atoms with E-state index in [-0.39, 0.29) is 24.7 Å². The summed E-state index contributed by atoms with van der Waals surface area (Å²) in [6.45, 7) is 22.7. The largest absolute Gasteiger partial charge is 0.454 e. The quantitative estimate of drug-likeness (QED) is 0.163. The summed E-state index contributed by atoms with van der Waals surface area (Å²) in [6.07, 6.45) is 13.2. The number of aryl methyl sites for hydroxylation is 8. The van der Waals surface area contributed by atoms with Crippen molar-refractivity contribution in [3.05, 3.63) is 270 Å². The molecule has 5 atom stereocenters. The SMILES string of the molecule is Cc1cc2oc3c(N4c5ccccc5N(C)[C@@H]4C)c(C)ccc3c2cn1.Cc1ccc2c(oc3ccccc32)c1N1C=CN(C)[C@@H]1C.Cc1ccc2oc3c(N4c5ccccc5N(C)[C@@H]4C)c(C)ccc3c2n1.[2H]C([2H])([2H])N1C=CN(c2c(C)ccc3c2oc2cc(C)ccc23)[C@H]1C.[2H]C([2H])([2H])N1C=CN(c2ccccc2C)[C@H]1C. The maximum absolute atomic E-state index is 7.70. The number of rotatable bonds is 5. The number of para-hydroxylation sites is 6. The number of pyridine rings is 2. The fourth-order valence-corrected chi connectivity index (χ4v) is 16.0. The Balaban J connectivity index is 0.000000109. The van der Waals surface area contributed by atoms with E-state index in [0.717, 1.165) is 134 Å². The lowest BCUT2D eigenvalue weighted by Crippen LogP contribution is -2.36. The van der Waals surface area contributed by atoms with Gasteiger partial charge >= 0.3 is 0 Å². The predicted octanol–water partition coefficient (Wildman–Crippen LogP) is 22.9. The zero-order valence-corrected chi connectivity index (χ0v) is 64.7.